The largest absolute Gasteiger partial charge is 0.434 e. The molecule has 0 fully saturated rings. The number of anilines is 1. The first-order chi connectivity index (χ1) is 15.6. The van der Waals surface area contributed by atoms with Gasteiger partial charge in [-0.15, -0.1) is 0 Å². The molecule has 0 saturated heterocycles. The quantitative estimate of drug-likeness (QED) is 0.113. The fourth-order valence-electron chi connectivity index (χ4n) is 2.96. The molecule has 180 valence electrons. The summed E-state index contributed by atoms with van der Waals surface area (Å²) in [5.74, 6) is 1.88. The number of hydrogen-bond acceptors (Lipinski definition) is 7. The van der Waals surface area contributed by atoms with Gasteiger partial charge in [-0.2, -0.15) is 13.2 Å². The first kappa shape index (κ1) is 25.7. The highest BCUT2D eigenvalue weighted by Crippen LogP contribution is 2.31. The number of alkyl halides is 3. The van der Waals surface area contributed by atoms with Gasteiger partial charge in [-0.25, -0.2) is 25.9 Å². The third-order valence-corrected chi connectivity index (χ3v) is 4.61. The molecule has 0 unspecified atom stereocenters. The van der Waals surface area contributed by atoms with E-state index in [2.05, 4.69) is 15.4 Å². The normalized spacial score (nSPS) is 12.2. The Hall–Kier alpha value is -3.52. The number of nitrogens with zero attached hydrogens (tertiary/aromatic N) is 5. The fourth-order valence-corrected chi connectivity index (χ4v) is 2.96. The third-order valence-electron chi connectivity index (χ3n) is 4.61. The van der Waals surface area contributed by atoms with Gasteiger partial charge in [0.2, 0.25) is 18.3 Å². The third kappa shape index (κ3) is 6.98. The topological polar surface area (TPSA) is 147 Å². The summed E-state index contributed by atoms with van der Waals surface area (Å²) < 4.78 is 42.0. The molecule has 4 N–H and O–H groups in total. The number of nitrogens with one attached hydrogen (secondary N) is 1. The number of amides is 3. The lowest BCUT2D eigenvalue weighted by molar-refractivity contribution is -0.154. The summed E-state index contributed by atoms with van der Waals surface area (Å²) in [5, 5.41) is 10.0. The molecule has 0 aromatic carbocycles. The number of hydrogen-bond donors (Lipinski definition) is 3. The molecule has 0 radical (unpaired) electrons. The van der Waals surface area contributed by atoms with Crippen molar-refractivity contribution in [3.63, 3.8) is 0 Å². The van der Waals surface area contributed by atoms with E-state index in [-0.39, 0.29) is 17.9 Å². The van der Waals surface area contributed by atoms with Crippen LogP contribution in [0.2, 0.25) is 0 Å². The molecule has 3 amide bonds. The van der Waals surface area contributed by atoms with E-state index in [1.807, 2.05) is 6.92 Å². The van der Waals surface area contributed by atoms with E-state index < -0.39 is 47.7 Å². The van der Waals surface area contributed by atoms with E-state index in [1.165, 1.54) is 12.4 Å². The molecule has 14 heteroatoms. The number of rotatable bonds is 11. The zero-order valence-corrected chi connectivity index (χ0v) is 17.7. The lowest BCUT2D eigenvalue weighted by atomic mass is 10.00. The van der Waals surface area contributed by atoms with Crippen LogP contribution < -0.4 is 16.3 Å². The summed E-state index contributed by atoms with van der Waals surface area (Å²) in [6.45, 7) is 1.51. The second-order valence-corrected chi connectivity index (χ2v) is 7.09. The van der Waals surface area contributed by atoms with Gasteiger partial charge in [-0.1, -0.05) is 26.2 Å². The van der Waals surface area contributed by atoms with Crippen LogP contribution in [0.5, 0.6) is 0 Å². The van der Waals surface area contributed by atoms with Crippen LogP contribution in [0.3, 0.4) is 0 Å². The van der Waals surface area contributed by atoms with Gasteiger partial charge in [-0.05, 0) is 18.6 Å². The van der Waals surface area contributed by atoms with Crippen LogP contribution in [0.15, 0.2) is 30.7 Å². The number of halogens is 3. The van der Waals surface area contributed by atoms with E-state index in [0.29, 0.717) is 17.6 Å². The maximum atomic E-state index is 13.6. The van der Waals surface area contributed by atoms with Crippen LogP contribution in [-0.2, 0) is 15.8 Å². The molecule has 11 nitrogen and oxygen atoms in total. The average molecular weight is 471 g/mol. The van der Waals surface area contributed by atoms with Crippen LogP contribution in [0.25, 0.3) is 0 Å². The Labute approximate surface area is 186 Å². The van der Waals surface area contributed by atoms with Crippen molar-refractivity contribution in [2.75, 3.05) is 17.0 Å². The van der Waals surface area contributed by atoms with Crippen LogP contribution >= 0.6 is 0 Å². The van der Waals surface area contributed by atoms with Crippen molar-refractivity contribution < 1.29 is 32.8 Å². The molecular formula is C19H24F3N7O4. The highest BCUT2D eigenvalue weighted by atomic mass is 19.4. The molecule has 2 rings (SSSR count). The maximum Gasteiger partial charge on any atom is 0.434 e. The predicted molar refractivity (Wildman–Crippen MR) is 109 cm³/mol. The molecule has 2 aromatic heterocycles. The lowest BCUT2D eigenvalue weighted by Gasteiger charge is -2.24. The first-order valence-corrected chi connectivity index (χ1v) is 9.96. The Morgan fingerprint density at radius 1 is 1.30 bits per heavy atom. The zero-order chi connectivity index (χ0) is 24.6. The van der Waals surface area contributed by atoms with Crippen LogP contribution in [-0.4, -0.2) is 49.7 Å². The molecule has 2 aromatic rings. The summed E-state index contributed by atoms with van der Waals surface area (Å²) in [6.07, 6.45) is 0.825. The Morgan fingerprint density at radius 3 is 2.55 bits per heavy atom. The van der Waals surface area contributed by atoms with Gasteiger partial charge in [0.1, 0.15) is 0 Å². The SMILES string of the molecule is CCCCC[C@H](CN(O)C=O)C(=O)N(N)c1ncc(C(=O)Nn2cccc2)c(C(F)(F)F)n1. The first-order valence-electron chi connectivity index (χ1n) is 9.96. The summed E-state index contributed by atoms with van der Waals surface area (Å²) in [7, 11) is 0. The minimum atomic E-state index is -5.05. The number of hydrazine groups is 1. The Morgan fingerprint density at radius 2 is 1.97 bits per heavy atom. The van der Waals surface area contributed by atoms with Crippen molar-refractivity contribution in [2.45, 2.75) is 38.8 Å². The molecule has 0 aliphatic heterocycles. The second kappa shape index (κ2) is 11.4. The smallest absolute Gasteiger partial charge is 0.286 e. The van der Waals surface area contributed by atoms with E-state index in [0.717, 1.165) is 17.5 Å². The summed E-state index contributed by atoms with van der Waals surface area (Å²) in [5.41, 5.74) is -0.239. The number of aromatic nitrogens is 3. The summed E-state index contributed by atoms with van der Waals surface area (Å²) in [6, 6.07) is 3.11. The lowest BCUT2D eigenvalue weighted by Crippen LogP contribution is -2.46. The number of nitrogens with two attached hydrogens (primary N) is 1. The van der Waals surface area contributed by atoms with Gasteiger partial charge in [-0.3, -0.25) is 29.7 Å². The minimum Gasteiger partial charge on any atom is -0.286 e. The number of carbonyl (C=O) groups excluding carboxylic acids is 3. The molecule has 1 atom stereocenters. The van der Waals surface area contributed by atoms with Crippen molar-refractivity contribution in [1.82, 2.24) is 19.7 Å². The van der Waals surface area contributed by atoms with Crippen LogP contribution in [0.4, 0.5) is 19.1 Å². The maximum absolute atomic E-state index is 13.6. The monoisotopic (exact) mass is 471 g/mol. The Balaban J connectivity index is 2.32. The number of unbranched alkanes of at least 4 members (excludes halogenated alkanes) is 2. The molecule has 0 aliphatic carbocycles. The van der Waals surface area contributed by atoms with Crippen molar-refractivity contribution >= 4 is 24.2 Å². The van der Waals surface area contributed by atoms with Crippen LogP contribution in [0.1, 0.15) is 48.7 Å². The molecule has 0 spiro atoms. The van der Waals surface area contributed by atoms with Gasteiger partial charge in [0.15, 0.2) is 5.69 Å². The van der Waals surface area contributed by atoms with Crippen LogP contribution in [0, 0.1) is 5.92 Å². The summed E-state index contributed by atoms with van der Waals surface area (Å²) in [4.78, 5) is 42.8. The standard InChI is InChI=1S/C19H24F3N7O4/c1-2-3-4-7-13(11-28(33)12-30)17(32)29(23)18-24-10-14(15(25-18)19(20,21)22)16(31)26-27-8-5-6-9-27/h5-6,8-10,12-13,33H,2-4,7,11,23H2,1H3,(H,26,31)/t13-/m1/s1. The van der Waals surface area contributed by atoms with E-state index in [1.54, 1.807) is 12.1 Å². The second-order valence-electron chi connectivity index (χ2n) is 7.09. The molecule has 0 saturated carbocycles. The highest BCUT2D eigenvalue weighted by molar-refractivity contribution is 6.01. The van der Waals surface area contributed by atoms with E-state index >= 15 is 0 Å². The Kier molecular flexibility index (Phi) is 8.87. The van der Waals surface area contributed by atoms with Crippen molar-refractivity contribution in [1.29, 1.82) is 0 Å². The molecular weight excluding hydrogens is 447 g/mol. The van der Waals surface area contributed by atoms with Gasteiger partial charge in [0, 0.05) is 18.6 Å². The molecule has 0 aliphatic rings. The average Bonchev–Trinajstić information content (AvgIpc) is 3.29. The number of carbonyl (C=O) groups is 3. The van der Waals surface area contributed by atoms with E-state index in [9.17, 15) is 32.8 Å². The summed E-state index contributed by atoms with van der Waals surface area (Å²) >= 11 is 0. The fraction of sp³-hybridized carbons (Fsp3) is 0.421. The molecule has 2 heterocycles. The van der Waals surface area contributed by atoms with Gasteiger partial charge in [0.05, 0.1) is 18.0 Å². The van der Waals surface area contributed by atoms with Gasteiger partial charge >= 0.3 is 6.18 Å². The van der Waals surface area contributed by atoms with Crippen molar-refractivity contribution in [2.24, 2.45) is 11.8 Å². The number of hydroxylamine groups is 2. The molecule has 0 bridgehead atoms. The predicted octanol–water partition coefficient (Wildman–Crippen LogP) is 1.93. The van der Waals surface area contributed by atoms with E-state index in [4.69, 9.17) is 5.84 Å². The van der Waals surface area contributed by atoms with Crippen molar-refractivity contribution in [3.8, 4) is 0 Å². The molecule has 33 heavy (non-hydrogen) atoms. The zero-order valence-electron chi connectivity index (χ0n) is 17.7. The van der Waals surface area contributed by atoms with Gasteiger partial charge < -0.3 is 0 Å². The van der Waals surface area contributed by atoms with Gasteiger partial charge in [0.25, 0.3) is 5.91 Å². The minimum absolute atomic E-state index is 0.0946. The highest BCUT2D eigenvalue weighted by Gasteiger charge is 2.39. The van der Waals surface area contributed by atoms with Crippen molar-refractivity contribution in [3.05, 3.63) is 42.0 Å². The Bertz CT molecular complexity index is 953.